The van der Waals surface area contributed by atoms with Crippen molar-refractivity contribution >= 4 is 82.1 Å². The number of hydrogen-bond acceptors (Lipinski definition) is 2. The van der Waals surface area contributed by atoms with E-state index in [0.29, 0.717) is 0 Å². The third-order valence-corrected chi connectivity index (χ3v) is 12.2. The van der Waals surface area contributed by atoms with Crippen LogP contribution in [0.4, 0.5) is 17.1 Å². The highest BCUT2D eigenvalue weighted by molar-refractivity contribution is 6.15. The van der Waals surface area contributed by atoms with Gasteiger partial charge >= 0.3 is 0 Å². The summed E-state index contributed by atoms with van der Waals surface area (Å²) in [5, 5.41) is 12.2. The third kappa shape index (κ3) is 5.65. The Morgan fingerprint density at radius 1 is 0.283 bits per heavy atom. The third-order valence-electron chi connectivity index (χ3n) is 12.2. The summed E-state index contributed by atoms with van der Waals surface area (Å²) in [6.45, 7) is 0. The van der Waals surface area contributed by atoms with E-state index in [2.05, 4.69) is 223 Å². The molecule has 12 aromatic rings. The van der Waals surface area contributed by atoms with E-state index in [1.807, 2.05) is 6.07 Å². The first kappa shape index (κ1) is 34.1. The van der Waals surface area contributed by atoms with E-state index in [-0.39, 0.29) is 0 Å². The predicted octanol–water partition coefficient (Wildman–Crippen LogP) is 16.7. The molecular formula is C58H37NO. The van der Waals surface area contributed by atoms with Crippen molar-refractivity contribution in [2.45, 2.75) is 0 Å². The summed E-state index contributed by atoms with van der Waals surface area (Å²) in [4.78, 5) is 2.41. The molecule has 0 saturated carbocycles. The van der Waals surface area contributed by atoms with Crippen molar-refractivity contribution in [1.29, 1.82) is 0 Å². The molecule has 0 unspecified atom stereocenters. The molecule has 1 heterocycles. The van der Waals surface area contributed by atoms with Gasteiger partial charge in [0.2, 0.25) is 0 Å². The van der Waals surface area contributed by atoms with Crippen LogP contribution in [0.25, 0.3) is 98.4 Å². The van der Waals surface area contributed by atoms with Gasteiger partial charge in [-0.25, -0.2) is 0 Å². The van der Waals surface area contributed by atoms with Crippen LogP contribution in [-0.4, -0.2) is 0 Å². The van der Waals surface area contributed by atoms with Crippen LogP contribution in [0.3, 0.4) is 0 Å². The normalized spacial score (nSPS) is 11.7. The summed E-state index contributed by atoms with van der Waals surface area (Å²) in [5.41, 5.74) is 12.1. The van der Waals surface area contributed by atoms with Crippen molar-refractivity contribution in [1.82, 2.24) is 0 Å². The number of anilines is 3. The Kier molecular flexibility index (Phi) is 7.89. The van der Waals surface area contributed by atoms with Gasteiger partial charge in [0.05, 0.1) is 5.69 Å². The summed E-state index contributed by atoms with van der Waals surface area (Å²) in [7, 11) is 0. The fourth-order valence-electron chi connectivity index (χ4n) is 9.26. The Labute approximate surface area is 347 Å². The number of hydrogen-bond donors (Lipinski definition) is 0. The lowest BCUT2D eigenvalue weighted by molar-refractivity contribution is 0.670. The molecule has 0 radical (unpaired) electrons. The summed E-state index contributed by atoms with van der Waals surface area (Å²) < 4.78 is 6.51. The summed E-state index contributed by atoms with van der Waals surface area (Å²) in [5.74, 6) is 0. The van der Waals surface area contributed by atoms with Gasteiger partial charge in [-0.3, -0.25) is 0 Å². The minimum absolute atomic E-state index is 0.892. The second-order valence-electron chi connectivity index (χ2n) is 15.7. The van der Waals surface area contributed by atoms with Gasteiger partial charge in [-0.15, -0.1) is 0 Å². The van der Waals surface area contributed by atoms with Crippen molar-refractivity contribution in [2.24, 2.45) is 0 Å². The van der Waals surface area contributed by atoms with Gasteiger partial charge in [0.15, 0.2) is 0 Å². The van der Waals surface area contributed by atoms with Gasteiger partial charge in [0.25, 0.3) is 0 Å². The molecule has 0 saturated heterocycles. The zero-order valence-electron chi connectivity index (χ0n) is 32.7. The maximum atomic E-state index is 6.51. The Balaban J connectivity index is 0.968. The molecule has 2 nitrogen and oxygen atoms in total. The quantitative estimate of drug-likeness (QED) is 0.157. The first-order chi connectivity index (χ1) is 29.7. The molecule has 0 bridgehead atoms. The van der Waals surface area contributed by atoms with E-state index in [4.69, 9.17) is 4.42 Å². The average molecular weight is 764 g/mol. The van der Waals surface area contributed by atoms with E-state index in [1.54, 1.807) is 0 Å². The molecular weight excluding hydrogens is 727 g/mol. The standard InChI is InChI=1S/C58H37NO/c1-2-11-40(12-3-1)50-19-10-20-53-55-36-44(29-34-57(55)60-58(50)53)39-27-32-47(33-28-39)59(56-37-45-14-5-7-16-49(45)51-17-8-9-18-52(51)56)46-30-25-38(26-31-46)43-24-23-42-22-21-41-13-4-6-15-48(41)54(42)35-43/h1-37H. The lowest BCUT2D eigenvalue weighted by Gasteiger charge is -2.28. The van der Waals surface area contributed by atoms with Crippen LogP contribution in [0.5, 0.6) is 0 Å². The fourth-order valence-corrected chi connectivity index (χ4v) is 9.26. The molecule has 0 aliphatic rings. The molecule has 2 heteroatoms. The number of nitrogens with zero attached hydrogens (tertiary/aromatic N) is 1. The van der Waals surface area contributed by atoms with Crippen LogP contribution in [0, 0.1) is 0 Å². The van der Waals surface area contributed by atoms with Crippen LogP contribution >= 0.6 is 0 Å². The molecule has 1 aromatic heterocycles. The maximum absolute atomic E-state index is 6.51. The minimum atomic E-state index is 0.892. The average Bonchev–Trinajstić information content (AvgIpc) is 3.70. The van der Waals surface area contributed by atoms with Crippen LogP contribution in [0.2, 0.25) is 0 Å². The molecule has 0 spiro atoms. The van der Waals surface area contributed by atoms with Crippen molar-refractivity contribution in [3.05, 3.63) is 224 Å². The number of para-hydroxylation sites is 1. The SMILES string of the molecule is c1ccc(-c2cccc3c2oc2ccc(-c4ccc(N(c5ccc(-c6ccc7ccc8ccccc8c7c6)cc5)c5cc6ccccc6c6ccccc56)cc4)cc23)cc1. The molecule has 0 atom stereocenters. The number of fused-ring (bicyclic) bond motifs is 9. The van der Waals surface area contributed by atoms with Crippen LogP contribution in [0.15, 0.2) is 229 Å². The largest absolute Gasteiger partial charge is 0.455 e. The summed E-state index contributed by atoms with van der Waals surface area (Å²) in [6, 6.07) is 81.3. The molecule has 60 heavy (non-hydrogen) atoms. The number of benzene rings is 11. The van der Waals surface area contributed by atoms with Crippen molar-refractivity contribution < 1.29 is 4.42 Å². The van der Waals surface area contributed by atoms with Gasteiger partial charge in [-0.05, 0) is 114 Å². The van der Waals surface area contributed by atoms with E-state index < -0.39 is 0 Å². The summed E-state index contributed by atoms with van der Waals surface area (Å²) >= 11 is 0. The highest BCUT2D eigenvalue weighted by Gasteiger charge is 2.19. The van der Waals surface area contributed by atoms with Gasteiger partial charge in [0, 0.05) is 33.1 Å². The van der Waals surface area contributed by atoms with E-state index in [1.165, 1.54) is 54.2 Å². The molecule has 12 rings (SSSR count). The lowest BCUT2D eigenvalue weighted by atomic mass is 9.96. The molecule has 0 amide bonds. The number of furan rings is 1. The first-order valence-electron chi connectivity index (χ1n) is 20.6. The van der Waals surface area contributed by atoms with Crippen molar-refractivity contribution in [2.75, 3.05) is 4.90 Å². The highest BCUT2D eigenvalue weighted by Crippen LogP contribution is 2.44. The minimum Gasteiger partial charge on any atom is -0.455 e. The van der Waals surface area contributed by atoms with Crippen LogP contribution in [-0.2, 0) is 0 Å². The van der Waals surface area contributed by atoms with Gasteiger partial charge < -0.3 is 9.32 Å². The van der Waals surface area contributed by atoms with E-state index >= 15 is 0 Å². The number of rotatable bonds is 6. The van der Waals surface area contributed by atoms with Crippen molar-refractivity contribution in [3.63, 3.8) is 0 Å². The second-order valence-corrected chi connectivity index (χ2v) is 15.7. The first-order valence-corrected chi connectivity index (χ1v) is 20.6. The second kappa shape index (κ2) is 13.9. The monoisotopic (exact) mass is 763 g/mol. The molecule has 280 valence electrons. The molecule has 0 aliphatic heterocycles. The van der Waals surface area contributed by atoms with E-state index in [9.17, 15) is 0 Å². The zero-order valence-corrected chi connectivity index (χ0v) is 32.7. The molecule has 11 aromatic carbocycles. The Morgan fingerprint density at radius 2 is 0.800 bits per heavy atom. The highest BCUT2D eigenvalue weighted by atomic mass is 16.3. The van der Waals surface area contributed by atoms with Crippen LogP contribution < -0.4 is 4.90 Å². The lowest BCUT2D eigenvalue weighted by Crippen LogP contribution is -2.10. The van der Waals surface area contributed by atoms with E-state index in [0.717, 1.165) is 61.3 Å². The van der Waals surface area contributed by atoms with Crippen LogP contribution in [0.1, 0.15) is 0 Å². The zero-order chi connectivity index (χ0) is 39.6. The topological polar surface area (TPSA) is 16.4 Å². The predicted molar refractivity (Wildman–Crippen MR) is 255 cm³/mol. The maximum Gasteiger partial charge on any atom is 0.143 e. The smallest absolute Gasteiger partial charge is 0.143 e. The Morgan fingerprint density at radius 3 is 1.52 bits per heavy atom. The van der Waals surface area contributed by atoms with Crippen molar-refractivity contribution in [3.8, 4) is 33.4 Å². The van der Waals surface area contributed by atoms with Gasteiger partial charge in [-0.2, -0.15) is 0 Å². The molecule has 0 aliphatic carbocycles. The Hall–Kier alpha value is -7.94. The Bertz CT molecular complexity index is 3580. The summed E-state index contributed by atoms with van der Waals surface area (Å²) in [6.07, 6.45) is 0. The molecule has 0 N–H and O–H groups in total. The van der Waals surface area contributed by atoms with Gasteiger partial charge in [-0.1, -0.05) is 176 Å². The van der Waals surface area contributed by atoms with Gasteiger partial charge in [0.1, 0.15) is 11.2 Å². The molecule has 0 fully saturated rings. The fraction of sp³-hybridized carbons (Fsp3) is 0.